The van der Waals surface area contributed by atoms with Crippen LogP contribution in [-0.2, 0) is 10.0 Å². The van der Waals surface area contributed by atoms with Crippen molar-refractivity contribution in [2.24, 2.45) is 5.41 Å². The van der Waals surface area contributed by atoms with Crippen molar-refractivity contribution >= 4 is 10.0 Å². The van der Waals surface area contributed by atoms with Crippen molar-refractivity contribution in [3.8, 4) is 5.75 Å². The first-order valence-corrected chi connectivity index (χ1v) is 7.80. The van der Waals surface area contributed by atoms with Crippen LogP contribution in [0.1, 0.15) is 27.7 Å². The summed E-state index contributed by atoms with van der Waals surface area (Å²) in [5, 5.41) is 0. The maximum atomic E-state index is 12.4. The standard InChI is InChI=1S/C14H23NO3S/c1-6-18-12-7-9-13(10-8-12)19(16,17)15(5)11-14(2,3)4/h7-10H,6,11H2,1-5H3. The number of rotatable bonds is 5. The Balaban J connectivity index is 2.93. The monoisotopic (exact) mass is 285 g/mol. The zero-order valence-electron chi connectivity index (χ0n) is 12.3. The molecule has 0 aliphatic rings. The predicted octanol–water partition coefficient (Wildman–Crippen LogP) is 2.75. The summed E-state index contributed by atoms with van der Waals surface area (Å²) in [7, 11) is -1.82. The van der Waals surface area contributed by atoms with Gasteiger partial charge in [0.05, 0.1) is 11.5 Å². The van der Waals surface area contributed by atoms with E-state index < -0.39 is 10.0 Å². The first-order valence-electron chi connectivity index (χ1n) is 6.36. The van der Waals surface area contributed by atoms with Crippen LogP contribution in [0.15, 0.2) is 29.2 Å². The Morgan fingerprint density at radius 3 is 2.11 bits per heavy atom. The first kappa shape index (κ1) is 16.0. The van der Waals surface area contributed by atoms with Crippen molar-refractivity contribution < 1.29 is 13.2 Å². The van der Waals surface area contributed by atoms with E-state index >= 15 is 0 Å². The number of hydrogen-bond acceptors (Lipinski definition) is 3. The molecule has 108 valence electrons. The molecule has 0 aliphatic heterocycles. The van der Waals surface area contributed by atoms with Crippen LogP contribution in [-0.4, -0.2) is 32.9 Å². The van der Waals surface area contributed by atoms with E-state index in [1.165, 1.54) is 4.31 Å². The highest BCUT2D eigenvalue weighted by Gasteiger charge is 2.25. The molecule has 0 aromatic heterocycles. The number of benzene rings is 1. The van der Waals surface area contributed by atoms with Gasteiger partial charge in [-0.15, -0.1) is 0 Å². The van der Waals surface area contributed by atoms with E-state index in [1.54, 1.807) is 31.3 Å². The number of ether oxygens (including phenoxy) is 1. The van der Waals surface area contributed by atoms with Gasteiger partial charge in [0.15, 0.2) is 0 Å². The second kappa shape index (κ2) is 5.92. The van der Waals surface area contributed by atoms with Crippen molar-refractivity contribution in [3.63, 3.8) is 0 Å². The molecular formula is C14H23NO3S. The van der Waals surface area contributed by atoms with E-state index in [0.717, 1.165) is 0 Å². The lowest BCUT2D eigenvalue weighted by molar-refractivity contribution is 0.310. The minimum Gasteiger partial charge on any atom is -0.494 e. The van der Waals surface area contributed by atoms with E-state index in [-0.39, 0.29) is 5.41 Å². The molecule has 0 spiro atoms. The largest absolute Gasteiger partial charge is 0.494 e. The van der Waals surface area contributed by atoms with Crippen LogP contribution < -0.4 is 4.74 Å². The van der Waals surface area contributed by atoms with Crippen LogP contribution in [0.2, 0.25) is 0 Å². The lowest BCUT2D eigenvalue weighted by atomic mass is 9.97. The van der Waals surface area contributed by atoms with Gasteiger partial charge < -0.3 is 4.74 Å². The molecule has 0 amide bonds. The third-order valence-corrected chi connectivity index (χ3v) is 4.36. The maximum absolute atomic E-state index is 12.4. The molecule has 0 fully saturated rings. The quantitative estimate of drug-likeness (QED) is 0.835. The van der Waals surface area contributed by atoms with Crippen molar-refractivity contribution in [1.82, 2.24) is 4.31 Å². The second-order valence-corrected chi connectivity index (χ2v) is 7.77. The average molecular weight is 285 g/mol. The molecule has 0 N–H and O–H groups in total. The Labute approximate surface area is 116 Å². The fourth-order valence-electron chi connectivity index (χ4n) is 1.81. The summed E-state index contributed by atoms with van der Waals surface area (Å²) in [5.41, 5.74) is -0.0763. The summed E-state index contributed by atoms with van der Waals surface area (Å²) in [5.74, 6) is 0.680. The zero-order chi connectivity index (χ0) is 14.7. The summed E-state index contributed by atoms with van der Waals surface area (Å²) in [6.07, 6.45) is 0. The first-order chi connectivity index (χ1) is 8.66. The fraction of sp³-hybridized carbons (Fsp3) is 0.571. The normalized spacial score (nSPS) is 12.7. The van der Waals surface area contributed by atoms with Crippen molar-refractivity contribution in [3.05, 3.63) is 24.3 Å². The Morgan fingerprint density at radius 1 is 1.16 bits per heavy atom. The molecule has 0 heterocycles. The fourth-order valence-corrected chi connectivity index (χ4v) is 3.20. The minimum atomic E-state index is -3.43. The van der Waals surface area contributed by atoms with Crippen LogP contribution >= 0.6 is 0 Å². The van der Waals surface area contributed by atoms with Gasteiger partial charge in [-0.3, -0.25) is 0 Å². The lowest BCUT2D eigenvalue weighted by Crippen LogP contribution is -2.34. The third kappa shape index (κ3) is 4.51. The Hall–Kier alpha value is -1.07. The van der Waals surface area contributed by atoms with Gasteiger partial charge in [-0.1, -0.05) is 20.8 Å². The van der Waals surface area contributed by atoms with Gasteiger partial charge >= 0.3 is 0 Å². The van der Waals surface area contributed by atoms with Crippen LogP contribution in [0.5, 0.6) is 5.75 Å². The van der Waals surface area contributed by atoms with Gasteiger partial charge in [-0.25, -0.2) is 12.7 Å². The highest BCUT2D eigenvalue weighted by Crippen LogP contribution is 2.22. The summed E-state index contributed by atoms with van der Waals surface area (Å²) in [4.78, 5) is 0.294. The molecule has 0 atom stereocenters. The van der Waals surface area contributed by atoms with Gasteiger partial charge in [0.25, 0.3) is 0 Å². The number of hydrogen-bond donors (Lipinski definition) is 0. The summed E-state index contributed by atoms with van der Waals surface area (Å²) in [6.45, 7) is 8.96. The SMILES string of the molecule is CCOc1ccc(S(=O)(=O)N(C)CC(C)(C)C)cc1. The molecule has 0 aliphatic carbocycles. The molecule has 19 heavy (non-hydrogen) atoms. The Bertz CT molecular complexity index is 500. The van der Waals surface area contributed by atoms with Gasteiger partial charge in [0.1, 0.15) is 5.75 Å². The van der Waals surface area contributed by atoms with Gasteiger partial charge in [0.2, 0.25) is 10.0 Å². The average Bonchev–Trinajstić information content (AvgIpc) is 2.28. The molecule has 0 bridgehead atoms. The molecule has 0 radical (unpaired) electrons. The Kier molecular flexibility index (Phi) is 4.98. The van der Waals surface area contributed by atoms with Crippen molar-refractivity contribution in [1.29, 1.82) is 0 Å². The molecule has 1 aromatic carbocycles. The molecule has 4 nitrogen and oxygen atoms in total. The topological polar surface area (TPSA) is 46.6 Å². The van der Waals surface area contributed by atoms with Crippen LogP contribution in [0.3, 0.4) is 0 Å². The Morgan fingerprint density at radius 2 is 1.68 bits per heavy atom. The van der Waals surface area contributed by atoms with E-state index in [0.29, 0.717) is 23.8 Å². The van der Waals surface area contributed by atoms with Gasteiger partial charge in [0, 0.05) is 13.6 Å². The highest BCUT2D eigenvalue weighted by atomic mass is 32.2. The number of nitrogens with zero attached hydrogens (tertiary/aromatic N) is 1. The van der Waals surface area contributed by atoms with E-state index in [2.05, 4.69) is 0 Å². The molecule has 0 unspecified atom stereocenters. The van der Waals surface area contributed by atoms with Crippen molar-refractivity contribution in [2.45, 2.75) is 32.6 Å². The van der Waals surface area contributed by atoms with Gasteiger partial charge in [-0.05, 0) is 36.6 Å². The molecule has 5 heteroatoms. The lowest BCUT2D eigenvalue weighted by Gasteiger charge is -2.26. The molecule has 1 rings (SSSR count). The molecule has 0 saturated carbocycles. The van der Waals surface area contributed by atoms with Crippen LogP contribution in [0, 0.1) is 5.41 Å². The predicted molar refractivity (Wildman–Crippen MR) is 76.9 cm³/mol. The summed E-state index contributed by atoms with van der Waals surface area (Å²) >= 11 is 0. The van der Waals surface area contributed by atoms with E-state index in [4.69, 9.17) is 4.74 Å². The highest BCUT2D eigenvalue weighted by molar-refractivity contribution is 7.89. The van der Waals surface area contributed by atoms with E-state index in [1.807, 2.05) is 27.7 Å². The molecule has 0 saturated heterocycles. The second-order valence-electron chi connectivity index (χ2n) is 5.73. The van der Waals surface area contributed by atoms with Crippen molar-refractivity contribution in [2.75, 3.05) is 20.2 Å². The summed E-state index contributed by atoms with van der Waals surface area (Å²) in [6, 6.07) is 6.53. The summed E-state index contributed by atoms with van der Waals surface area (Å²) < 4.78 is 31.4. The molecular weight excluding hydrogens is 262 g/mol. The zero-order valence-corrected chi connectivity index (χ0v) is 13.1. The minimum absolute atomic E-state index is 0.0763. The van der Waals surface area contributed by atoms with E-state index in [9.17, 15) is 8.42 Å². The van der Waals surface area contributed by atoms with Gasteiger partial charge in [-0.2, -0.15) is 0 Å². The van der Waals surface area contributed by atoms with Crippen LogP contribution in [0.25, 0.3) is 0 Å². The van der Waals surface area contributed by atoms with Crippen LogP contribution in [0.4, 0.5) is 0 Å². The molecule has 1 aromatic rings. The smallest absolute Gasteiger partial charge is 0.242 e. The third-order valence-electron chi connectivity index (χ3n) is 2.54. The maximum Gasteiger partial charge on any atom is 0.242 e. The number of sulfonamides is 1.